The molecule has 0 bridgehead atoms. The zero-order chi connectivity index (χ0) is 21.1. The van der Waals surface area contributed by atoms with Gasteiger partial charge < -0.3 is 15.5 Å². The number of carbonyl (C=O) groups excluding carboxylic acids is 2. The Morgan fingerprint density at radius 3 is 2.80 bits per heavy atom. The Balaban J connectivity index is 1.65. The van der Waals surface area contributed by atoms with E-state index in [0.717, 1.165) is 22.8 Å². The predicted molar refractivity (Wildman–Crippen MR) is 113 cm³/mol. The minimum absolute atomic E-state index is 0.0290. The van der Waals surface area contributed by atoms with E-state index in [1.54, 1.807) is 24.3 Å². The van der Waals surface area contributed by atoms with Crippen LogP contribution in [0.25, 0.3) is 22.2 Å². The number of benzene rings is 2. The summed E-state index contributed by atoms with van der Waals surface area (Å²) in [5.74, 6) is -1.37. The van der Waals surface area contributed by atoms with E-state index in [0.29, 0.717) is 16.9 Å². The Bertz CT molecular complexity index is 1290. The maximum atomic E-state index is 12.2. The normalized spacial score (nSPS) is 11.4. The second kappa shape index (κ2) is 7.84. The number of nitrogens with zero attached hydrogens (tertiary/aromatic N) is 2. The molecule has 0 saturated heterocycles. The van der Waals surface area contributed by atoms with Crippen LogP contribution in [0.3, 0.4) is 0 Å². The van der Waals surface area contributed by atoms with Crippen molar-refractivity contribution < 1.29 is 14.0 Å². The number of H-pyrrole nitrogens is 1. The Morgan fingerprint density at radius 1 is 1.17 bits per heavy atom. The molecule has 4 aromatic rings. The molecule has 0 atom stereocenters. The molecule has 0 aliphatic heterocycles. The second-order valence-corrected chi connectivity index (χ2v) is 6.32. The number of aromatic nitrogens is 2. The molecule has 0 aliphatic rings. The van der Waals surface area contributed by atoms with Crippen molar-refractivity contribution in [3.05, 3.63) is 72.2 Å². The minimum Gasteiger partial charge on any atom is -0.461 e. The third-order valence-corrected chi connectivity index (χ3v) is 4.41. The van der Waals surface area contributed by atoms with Crippen LogP contribution in [0, 0.1) is 5.41 Å². The van der Waals surface area contributed by atoms with Crippen molar-refractivity contribution in [3.8, 4) is 11.3 Å². The number of nitrogens with one attached hydrogen (secondary N) is 3. The molecule has 2 aromatic heterocycles. The monoisotopic (exact) mass is 400 g/mol. The molecule has 0 unspecified atom stereocenters. The lowest BCUT2D eigenvalue weighted by Gasteiger charge is -2.06. The van der Waals surface area contributed by atoms with Crippen LogP contribution in [0.1, 0.15) is 16.1 Å². The van der Waals surface area contributed by atoms with Crippen LogP contribution in [0.4, 0.5) is 5.69 Å². The third kappa shape index (κ3) is 3.59. The zero-order valence-electron chi connectivity index (χ0n) is 15.5. The van der Waals surface area contributed by atoms with Gasteiger partial charge in [-0.2, -0.15) is 5.10 Å². The number of fused-ring (bicyclic) bond motifs is 1. The predicted octanol–water partition coefficient (Wildman–Crippen LogP) is 2.96. The molecular formula is C21H16N6O3. The Hall–Kier alpha value is -4.53. The van der Waals surface area contributed by atoms with Gasteiger partial charge in [-0.25, -0.2) is 4.99 Å². The van der Waals surface area contributed by atoms with Crippen LogP contribution >= 0.6 is 0 Å². The van der Waals surface area contributed by atoms with Gasteiger partial charge in [-0.05, 0) is 42.5 Å². The number of nitrogens with two attached hydrogens (primary N) is 1. The standard InChI is InChI=1S/C21H16N6O3/c22-11-24-20(23)13-6-7-16-15(10-13)18(27-26-16)12-3-1-4-14(9-12)25-21(29)19(28)17-5-2-8-30-17/h1-11H,(H,25,29)(H,26,27)(H3,22,23,24). The third-order valence-electron chi connectivity index (χ3n) is 4.41. The molecule has 9 nitrogen and oxygen atoms in total. The molecule has 2 aromatic carbocycles. The number of rotatable bonds is 6. The first kappa shape index (κ1) is 18.8. The number of ketones is 1. The summed E-state index contributed by atoms with van der Waals surface area (Å²) in [5, 5.41) is 17.8. The number of amidine groups is 1. The van der Waals surface area contributed by atoms with Gasteiger partial charge >= 0.3 is 0 Å². The van der Waals surface area contributed by atoms with Gasteiger partial charge in [0.05, 0.1) is 17.5 Å². The van der Waals surface area contributed by atoms with Crippen molar-refractivity contribution in [1.29, 1.82) is 5.41 Å². The first-order valence-electron chi connectivity index (χ1n) is 8.87. The molecule has 30 heavy (non-hydrogen) atoms. The van der Waals surface area contributed by atoms with Gasteiger partial charge in [0, 0.05) is 22.2 Å². The van der Waals surface area contributed by atoms with Crippen LogP contribution in [0.2, 0.25) is 0 Å². The molecule has 0 radical (unpaired) electrons. The fraction of sp³-hybridized carbons (Fsp3) is 0. The Labute approximate surface area is 170 Å². The van der Waals surface area contributed by atoms with Crippen LogP contribution < -0.4 is 11.1 Å². The van der Waals surface area contributed by atoms with E-state index < -0.39 is 11.7 Å². The molecule has 0 aliphatic carbocycles. The number of aliphatic imine (C=N–C) groups is 1. The lowest BCUT2D eigenvalue weighted by Crippen LogP contribution is -2.22. The molecule has 0 spiro atoms. The lowest BCUT2D eigenvalue weighted by atomic mass is 10.0. The average molecular weight is 400 g/mol. The lowest BCUT2D eigenvalue weighted by molar-refractivity contribution is -0.112. The smallest absolute Gasteiger partial charge is 0.300 e. The van der Waals surface area contributed by atoms with E-state index >= 15 is 0 Å². The zero-order valence-corrected chi connectivity index (χ0v) is 15.5. The first-order valence-corrected chi connectivity index (χ1v) is 8.87. The van der Waals surface area contributed by atoms with Gasteiger partial charge in [0.2, 0.25) is 0 Å². The molecule has 2 heterocycles. The highest BCUT2D eigenvalue weighted by Gasteiger charge is 2.19. The Kier molecular flexibility index (Phi) is 4.92. The SMILES string of the molecule is N=CN=C(N)c1ccc2[nH]nc(-c3cccc(NC(=O)C(=O)c4ccco4)c3)c2c1. The van der Waals surface area contributed by atoms with Crippen LogP contribution in [0.5, 0.6) is 0 Å². The highest BCUT2D eigenvalue weighted by molar-refractivity contribution is 6.45. The summed E-state index contributed by atoms with van der Waals surface area (Å²) in [6.45, 7) is 0. The number of Topliss-reactive ketones (excluding diaryl/α,β-unsaturated/α-hetero) is 1. The summed E-state index contributed by atoms with van der Waals surface area (Å²) in [7, 11) is 0. The summed E-state index contributed by atoms with van der Waals surface area (Å²) >= 11 is 0. The molecule has 148 valence electrons. The summed E-state index contributed by atoms with van der Waals surface area (Å²) < 4.78 is 4.97. The van der Waals surface area contributed by atoms with E-state index in [4.69, 9.17) is 15.6 Å². The molecule has 1 amide bonds. The first-order chi connectivity index (χ1) is 14.6. The average Bonchev–Trinajstić information content (AvgIpc) is 3.43. The van der Waals surface area contributed by atoms with E-state index in [2.05, 4.69) is 20.5 Å². The molecule has 0 fully saturated rings. The summed E-state index contributed by atoms with van der Waals surface area (Å²) in [6.07, 6.45) is 2.21. The van der Waals surface area contributed by atoms with Gasteiger partial charge in [-0.1, -0.05) is 12.1 Å². The number of hydrogen-bond donors (Lipinski definition) is 4. The largest absolute Gasteiger partial charge is 0.461 e. The highest BCUT2D eigenvalue weighted by atomic mass is 16.3. The van der Waals surface area contributed by atoms with Crippen molar-refractivity contribution in [2.24, 2.45) is 10.7 Å². The van der Waals surface area contributed by atoms with Crippen molar-refractivity contribution >= 4 is 40.5 Å². The second-order valence-electron chi connectivity index (χ2n) is 6.32. The molecule has 4 rings (SSSR count). The quantitative estimate of drug-likeness (QED) is 0.170. The van der Waals surface area contributed by atoms with Gasteiger partial charge in [0.15, 0.2) is 5.76 Å². The number of carbonyl (C=O) groups is 2. The molecule has 0 saturated carbocycles. The maximum absolute atomic E-state index is 12.2. The molecular weight excluding hydrogens is 384 g/mol. The number of anilines is 1. The van der Waals surface area contributed by atoms with Gasteiger partial charge in [0.25, 0.3) is 11.7 Å². The minimum atomic E-state index is -0.799. The van der Waals surface area contributed by atoms with Crippen LogP contribution in [-0.4, -0.2) is 34.1 Å². The van der Waals surface area contributed by atoms with Gasteiger partial charge in [-0.15, -0.1) is 0 Å². The number of hydrogen-bond acceptors (Lipinski definition) is 5. The van der Waals surface area contributed by atoms with E-state index in [-0.39, 0.29) is 11.6 Å². The van der Waals surface area contributed by atoms with E-state index in [1.165, 1.54) is 18.4 Å². The maximum Gasteiger partial charge on any atom is 0.300 e. The summed E-state index contributed by atoms with van der Waals surface area (Å²) in [5.41, 5.74) is 9.14. The van der Waals surface area contributed by atoms with Crippen molar-refractivity contribution in [3.63, 3.8) is 0 Å². The highest BCUT2D eigenvalue weighted by Crippen LogP contribution is 2.29. The number of amides is 1. The van der Waals surface area contributed by atoms with Crippen molar-refractivity contribution in [1.82, 2.24) is 10.2 Å². The number of aromatic amines is 1. The van der Waals surface area contributed by atoms with Gasteiger partial charge in [0.1, 0.15) is 12.2 Å². The fourth-order valence-electron chi connectivity index (χ4n) is 2.99. The molecule has 9 heteroatoms. The topological polar surface area (TPSA) is 150 Å². The summed E-state index contributed by atoms with van der Waals surface area (Å²) in [4.78, 5) is 28.1. The van der Waals surface area contributed by atoms with E-state index in [1.807, 2.05) is 18.2 Å². The van der Waals surface area contributed by atoms with E-state index in [9.17, 15) is 9.59 Å². The van der Waals surface area contributed by atoms with Crippen molar-refractivity contribution in [2.45, 2.75) is 0 Å². The van der Waals surface area contributed by atoms with Crippen LogP contribution in [-0.2, 0) is 4.79 Å². The molecule has 5 N–H and O–H groups in total. The summed E-state index contributed by atoms with van der Waals surface area (Å²) in [6, 6.07) is 15.4. The Morgan fingerprint density at radius 2 is 2.03 bits per heavy atom. The van der Waals surface area contributed by atoms with Crippen LogP contribution in [0.15, 0.2) is 70.3 Å². The van der Waals surface area contributed by atoms with Crippen molar-refractivity contribution in [2.75, 3.05) is 5.32 Å². The number of furan rings is 1. The fourth-order valence-corrected chi connectivity index (χ4v) is 2.99. The van der Waals surface area contributed by atoms with Gasteiger partial charge in [-0.3, -0.25) is 20.1 Å².